The molecule has 7 nitrogen and oxygen atoms in total. The first-order chi connectivity index (χ1) is 7.25. The summed E-state index contributed by atoms with van der Waals surface area (Å²) in [4.78, 5) is 0. The first kappa shape index (κ1) is 15.1. The van der Waals surface area contributed by atoms with Gasteiger partial charge in [-0.05, 0) is 0 Å². The molecule has 0 unspecified atom stereocenters. The molecule has 0 aliphatic rings. The second-order valence-corrected chi connectivity index (χ2v) is 5.93. The molecule has 0 amide bonds. The summed E-state index contributed by atoms with van der Waals surface area (Å²) in [6.45, 7) is 3.52. The number of nitrogens with one attached hydrogen (secondary N) is 1. The van der Waals surface area contributed by atoms with Crippen molar-refractivity contribution in [3.05, 3.63) is 0 Å². The van der Waals surface area contributed by atoms with Crippen LogP contribution in [0.5, 0.6) is 0 Å². The largest absolute Gasteiger partial charge is 0.409 e. The Morgan fingerprint density at radius 3 is 2.56 bits per heavy atom. The molecule has 0 aromatic carbocycles. The van der Waals surface area contributed by atoms with E-state index in [1.807, 2.05) is 0 Å². The number of nitrogens with two attached hydrogens (primary N) is 1. The molecule has 0 aromatic heterocycles. The molecule has 0 heterocycles. The molecule has 0 atom stereocenters. The minimum atomic E-state index is -3.39. The van der Waals surface area contributed by atoms with E-state index in [0.29, 0.717) is 0 Å². The van der Waals surface area contributed by atoms with E-state index < -0.39 is 15.4 Å². The lowest BCUT2D eigenvalue weighted by molar-refractivity contribution is 0.216. The Labute approximate surface area is 95.7 Å². The SMILES string of the molecule is COCCS(=O)(=O)NCC(C)(C)C(N)=NO. The van der Waals surface area contributed by atoms with Crippen LogP contribution in [0.3, 0.4) is 0 Å². The van der Waals surface area contributed by atoms with Crippen LogP contribution in [0.4, 0.5) is 0 Å². The molecule has 0 spiro atoms. The zero-order valence-electron chi connectivity index (χ0n) is 9.73. The van der Waals surface area contributed by atoms with Gasteiger partial charge in [-0.3, -0.25) is 0 Å². The summed E-state index contributed by atoms with van der Waals surface area (Å²) in [6, 6.07) is 0. The van der Waals surface area contributed by atoms with E-state index in [-0.39, 0.29) is 24.7 Å². The van der Waals surface area contributed by atoms with E-state index in [1.165, 1.54) is 7.11 Å². The Balaban J connectivity index is 4.34. The van der Waals surface area contributed by atoms with Gasteiger partial charge in [-0.2, -0.15) is 0 Å². The van der Waals surface area contributed by atoms with Gasteiger partial charge < -0.3 is 15.7 Å². The van der Waals surface area contributed by atoms with E-state index in [2.05, 4.69) is 14.6 Å². The molecule has 4 N–H and O–H groups in total. The highest BCUT2D eigenvalue weighted by molar-refractivity contribution is 7.89. The maximum atomic E-state index is 11.4. The predicted octanol–water partition coefficient (Wildman–Crippen LogP) is -0.675. The van der Waals surface area contributed by atoms with Gasteiger partial charge in [0.15, 0.2) is 0 Å². The second-order valence-electron chi connectivity index (χ2n) is 4.00. The van der Waals surface area contributed by atoms with Gasteiger partial charge >= 0.3 is 0 Å². The van der Waals surface area contributed by atoms with Gasteiger partial charge in [0.1, 0.15) is 5.84 Å². The fourth-order valence-corrected chi connectivity index (χ4v) is 1.89. The molecule has 0 aliphatic heterocycles. The molecule has 0 aromatic rings. The quantitative estimate of drug-likeness (QED) is 0.241. The van der Waals surface area contributed by atoms with Crippen LogP contribution in [0.2, 0.25) is 0 Å². The van der Waals surface area contributed by atoms with Crippen molar-refractivity contribution >= 4 is 15.9 Å². The topological polar surface area (TPSA) is 114 Å². The van der Waals surface area contributed by atoms with Crippen molar-refractivity contribution in [3.8, 4) is 0 Å². The highest BCUT2D eigenvalue weighted by Gasteiger charge is 2.25. The average molecular weight is 253 g/mol. The number of hydrogen-bond acceptors (Lipinski definition) is 5. The van der Waals surface area contributed by atoms with Crippen LogP contribution in [0.25, 0.3) is 0 Å². The molecule has 0 bridgehead atoms. The highest BCUT2D eigenvalue weighted by atomic mass is 32.2. The third-order valence-electron chi connectivity index (χ3n) is 2.09. The maximum absolute atomic E-state index is 11.4. The third kappa shape index (κ3) is 5.29. The summed E-state index contributed by atoms with van der Waals surface area (Å²) >= 11 is 0. The van der Waals surface area contributed by atoms with Crippen LogP contribution < -0.4 is 10.5 Å². The molecule has 0 rings (SSSR count). The number of sulfonamides is 1. The third-order valence-corrected chi connectivity index (χ3v) is 3.38. The van der Waals surface area contributed by atoms with Gasteiger partial charge in [-0.15, -0.1) is 0 Å². The summed E-state index contributed by atoms with van der Waals surface area (Å²) in [7, 11) is -1.96. The van der Waals surface area contributed by atoms with E-state index >= 15 is 0 Å². The zero-order chi connectivity index (χ0) is 12.8. The fraction of sp³-hybridized carbons (Fsp3) is 0.875. The van der Waals surface area contributed by atoms with Crippen LogP contribution in [0, 0.1) is 5.41 Å². The highest BCUT2D eigenvalue weighted by Crippen LogP contribution is 2.13. The van der Waals surface area contributed by atoms with Crippen molar-refractivity contribution in [2.24, 2.45) is 16.3 Å². The number of amidine groups is 1. The molecule has 0 radical (unpaired) electrons. The molecule has 16 heavy (non-hydrogen) atoms. The van der Waals surface area contributed by atoms with Crippen LogP contribution in [-0.4, -0.2) is 45.5 Å². The lowest BCUT2D eigenvalue weighted by Gasteiger charge is -2.22. The van der Waals surface area contributed by atoms with Gasteiger partial charge in [0.05, 0.1) is 12.4 Å². The summed E-state index contributed by atoms with van der Waals surface area (Å²) in [6.07, 6.45) is 0. The predicted molar refractivity (Wildman–Crippen MR) is 60.9 cm³/mol. The number of hydrogen-bond donors (Lipinski definition) is 3. The minimum absolute atomic E-state index is 0.0260. The minimum Gasteiger partial charge on any atom is -0.409 e. The fourth-order valence-electron chi connectivity index (χ4n) is 0.782. The molecule has 0 fully saturated rings. The first-order valence-electron chi connectivity index (χ1n) is 4.69. The number of rotatable bonds is 7. The zero-order valence-corrected chi connectivity index (χ0v) is 10.5. The lowest BCUT2D eigenvalue weighted by Crippen LogP contribution is -2.43. The van der Waals surface area contributed by atoms with Crippen LogP contribution in [-0.2, 0) is 14.8 Å². The summed E-state index contributed by atoms with van der Waals surface area (Å²) in [5, 5.41) is 11.4. The van der Waals surface area contributed by atoms with Gasteiger partial charge in [0.2, 0.25) is 10.0 Å². The summed E-state index contributed by atoms with van der Waals surface area (Å²) in [5.41, 5.74) is 4.68. The van der Waals surface area contributed by atoms with Crippen molar-refractivity contribution in [2.75, 3.05) is 26.0 Å². The number of methoxy groups -OCH3 is 1. The van der Waals surface area contributed by atoms with Crippen molar-refractivity contribution < 1.29 is 18.4 Å². The molecular formula is C8H19N3O4S. The van der Waals surface area contributed by atoms with Crippen molar-refractivity contribution in [2.45, 2.75) is 13.8 Å². The van der Waals surface area contributed by atoms with Gasteiger partial charge in [0, 0.05) is 19.1 Å². The summed E-state index contributed by atoms with van der Waals surface area (Å²) in [5.74, 6) is -0.141. The molecule has 8 heteroatoms. The van der Waals surface area contributed by atoms with E-state index in [4.69, 9.17) is 10.9 Å². The average Bonchev–Trinajstić information content (AvgIpc) is 2.23. The molecule has 0 saturated carbocycles. The Hall–Kier alpha value is -0.860. The summed E-state index contributed by atoms with van der Waals surface area (Å²) < 4.78 is 29.9. The Morgan fingerprint density at radius 2 is 2.12 bits per heavy atom. The van der Waals surface area contributed by atoms with E-state index in [0.717, 1.165) is 0 Å². The number of oxime groups is 1. The second kappa shape index (κ2) is 6.02. The monoisotopic (exact) mass is 253 g/mol. The maximum Gasteiger partial charge on any atom is 0.213 e. The van der Waals surface area contributed by atoms with E-state index in [9.17, 15) is 8.42 Å². The first-order valence-corrected chi connectivity index (χ1v) is 6.34. The number of nitrogens with zero attached hydrogens (tertiary/aromatic N) is 1. The van der Waals surface area contributed by atoms with Crippen molar-refractivity contribution in [3.63, 3.8) is 0 Å². The van der Waals surface area contributed by atoms with Gasteiger partial charge in [-0.1, -0.05) is 19.0 Å². The molecule has 96 valence electrons. The Bertz CT molecular complexity index is 337. The van der Waals surface area contributed by atoms with Crippen molar-refractivity contribution in [1.29, 1.82) is 0 Å². The molecular weight excluding hydrogens is 234 g/mol. The lowest BCUT2D eigenvalue weighted by atomic mass is 9.93. The van der Waals surface area contributed by atoms with Crippen LogP contribution in [0.1, 0.15) is 13.8 Å². The smallest absolute Gasteiger partial charge is 0.213 e. The standard InChI is InChI=1S/C8H19N3O4S/c1-8(2,7(9)11-12)6-10-16(13,14)5-4-15-3/h10,12H,4-6H2,1-3H3,(H2,9,11). The van der Waals surface area contributed by atoms with E-state index in [1.54, 1.807) is 13.8 Å². The van der Waals surface area contributed by atoms with Gasteiger partial charge in [-0.25, -0.2) is 13.1 Å². The number of ether oxygens (including phenoxy) is 1. The normalized spacial score (nSPS) is 14.1. The van der Waals surface area contributed by atoms with Crippen LogP contribution in [0.15, 0.2) is 5.16 Å². The molecule has 0 saturated heterocycles. The van der Waals surface area contributed by atoms with Crippen molar-refractivity contribution in [1.82, 2.24) is 4.72 Å². The van der Waals surface area contributed by atoms with Gasteiger partial charge in [0.25, 0.3) is 0 Å². The van der Waals surface area contributed by atoms with Crippen LogP contribution >= 0.6 is 0 Å². The Kier molecular flexibility index (Phi) is 5.70. The molecule has 0 aliphatic carbocycles. The Morgan fingerprint density at radius 1 is 1.56 bits per heavy atom.